The van der Waals surface area contributed by atoms with E-state index in [2.05, 4.69) is 4.98 Å². The molecule has 28 heavy (non-hydrogen) atoms. The largest absolute Gasteiger partial charge is 0.487 e. The minimum Gasteiger partial charge on any atom is -0.487 e. The summed E-state index contributed by atoms with van der Waals surface area (Å²) in [6.45, 7) is 0.375. The Morgan fingerprint density at radius 1 is 1.00 bits per heavy atom. The third-order valence-corrected chi connectivity index (χ3v) is 4.13. The maximum Gasteiger partial charge on any atom is 0.221 e. The Kier molecular flexibility index (Phi) is 6.54. The fourth-order valence-corrected chi connectivity index (χ4v) is 2.63. The number of aromatic nitrogens is 1. The molecular formula is C22H18ClN3O2. The number of ether oxygens (including phenoxy) is 2. The number of nitrogens with one attached hydrogen (secondary N) is 2. The molecule has 5 nitrogen and oxygen atoms in total. The van der Waals surface area contributed by atoms with Gasteiger partial charge in [-0.25, -0.2) is 0 Å². The maximum atomic E-state index is 8.11. The van der Waals surface area contributed by atoms with Gasteiger partial charge in [0.2, 0.25) is 5.90 Å². The van der Waals surface area contributed by atoms with Crippen LogP contribution in [0.3, 0.4) is 0 Å². The molecule has 3 aromatic rings. The summed E-state index contributed by atoms with van der Waals surface area (Å²) in [6, 6.07) is 20.3. The number of hydrogen-bond donors (Lipinski definition) is 2. The van der Waals surface area contributed by atoms with Crippen LogP contribution in [0, 0.1) is 10.8 Å². The van der Waals surface area contributed by atoms with Gasteiger partial charge >= 0.3 is 0 Å². The van der Waals surface area contributed by atoms with Crippen molar-refractivity contribution in [2.24, 2.45) is 0 Å². The molecule has 1 aromatic heterocycles. The van der Waals surface area contributed by atoms with Crippen LogP contribution in [-0.4, -0.2) is 17.3 Å². The number of halogens is 1. The van der Waals surface area contributed by atoms with Crippen LogP contribution in [0.2, 0.25) is 5.02 Å². The standard InChI is InChI=1S/C22H18ClN3O2/c23-18-8-4-16(5-9-18)13-21(22(25)28-15-24)17-6-10-20(11-7-17)27-14-19-3-1-2-12-26-19/h1-13,15,24-25H,14H2/b21-13+,24-15?,25-22?. The first-order chi connectivity index (χ1) is 13.7. The van der Waals surface area contributed by atoms with E-state index in [4.69, 9.17) is 31.9 Å². The Morgan fingerprint density at radius 2 is 1.75 bits per heavy atom. The van der Waals surface area contributed by atoms with Crippen LogP contribution in [0.4, 0.5) is 0 Å². The van der Waals surface area contributed by atoms with E-state index < -0.39 is 0 Å². The second-order valence-electron chi connectivity index (χ2n) is 5.81. The zero-order valence-electron chi connectivity index (χ0n) is 14.9. The highest BCUT2D eigenvalue weighted by molar-refractivity contribution is 6.30. The van der Waals surface area contributed by atoms with Crippen molar-refractivity contribution in [3.63, 3.8) is 0 Å². The van der Waals surface area contributed by atoms with E-state index in [1.54, 1.807) is 18.3 Å². The molecule has 0 aliphatic carbocycles. The highest BCUT2D eigenvalue weighted by Gasteiger charge is 2.10. The van der Waals surface area contributed by atoms with Crippen molar-refractivity contribution >= 4 is 35.5 Å². The van der Waals surface area contributed by atoms with Crippen LogP contribution in [0.15, 0.2) is 72.9 Å². The molecule has 0 atom stereocenters. The monoisotopic (exact) mass is 391 g/mol. The van der Waals surface area contributed by atoms with E-state index in [0.717, 1.165) is 23.2 Å². The zero-order valence-corrected chi connectivity index (χ0v) is 15.7. The molecule has 0 amide bonds. The van der Waals surface area contributed by atoms with Crippen LogP contribution in [0.25, 0.3) is 11.6 Å². The first kappa shape index (κ1) is 19.3. The van der Waals surface area contributed by atoms with E-state index >= 15 is 0 Å². The molecule has 0 aliphatic heterocycles. The second kappa shape index (κ2) is 9.48. The van der Waals surface area contributed by atoms with Crippen molar-refractivity contribution < 1.29 is 9.47 Å². The summed E-state index contributed by atoms with van der Waals surface area (Å²) >= 11 is 5.93. The molecule has 0 aliphatic rings. The normalized spacial score (nSPS) is 11.0. The number of nitrogens with zero attached hydrogens (tertiary/aromatic N) is 1. The summed E-state index contributed by atoms with van der Waals surface area (Å²) in [5.41, 5.74) is 3.03. The van der Waals surface area contributed by atoms with E-state index in [-0.39, 0.29) is 5.90 Å². The Hall–Kier alpha value is -3.44. The van der Waals surface area contributed by atoms with Gasteiger partial charge in [-0.3, -0.25) is 15.8 Å². The fraction of sp³-hybridized carbons (Fsp3) is 0.0455. The predicted molar refractivity (Wildman–Crippen MR) is 112 cm³/mol. The smallest absolute Gasteiger partial charge is 0.221 e. The van der Waals surface area contributed by atoms with Crippen LogP contribution in [-0.2, 0) is 11.3 Å². The van der Waals surface area contributed by atoms with Gasteiger partial charge in [0.05, 0.1) is 5.69 Å². The average Bonchev–Trinajstić information content (AvgIpc) is 2.73. The Morgan fingerprint density at radius 3 is 2.39 bits per heavy atom. The van der Waals surface area contributed by atoms with Crippen molar-refractivity contribution in [3.05, 3.63) is 94.8 Å². The fourth-order valence-electron chi connectivity index (χ4n) is 2.50. The molecular weight excluding hydrogens is 374 g/mol. The molecule has 0 spiro atoms. The molecule has 3 rings (SSSR count). The summed E-state index contributed by atoms with van der Waals surface area (Å²) in [6.07, 6.45) is 4.28. The van der Waals surface area contributed by atoms with Gasteiger partial charge in [0, 0.05) is 16.8 Å². The molecule has 6 heteroatoms. The SMILES string of the molecule is N=COC(=N)/C(=C/c1ccc(Cl)cc1)c1ccc(OCc2ccccn2)cc1. The van der Waals surface area contributed by atoms with Crippen molar-refractivity contribution in [3.8, 4) is 5.75 Å². The molecule has 0 unspecified atom stereocenters. The summed E-state index contributed by atoms with van der Waals surface area (Å²) in [5, 5.41) is 15.9. The molecule has 0 saturated carbocycles. The minimum atomic E-state index is -0.118. The number of pyridine rings is 1. The van der Waals surface area contributed by atoms with Crippen LogP contribution in [0.1, 0.15) is 16.8 Å². The van der Waals surface area contributed by atoms with Crippen LogP contribution >= 0.6 is 11.6 Å². The molecule has 1 heterocycles. The lowest BCUT2D eigenvalue weighted by molar-refractivity contribution is 0.301. The Bertz CT molecular complexity index is 969. The van der Waals surface area contributed by atoms with Crippen LogP contribution in [0.5, 0.6) is 5.75 Å². The van der Waals surface area contributed by atoms with E-state index in [1.165, 1.54) is 0 Å². The third kappa shape index (κ3) is 5.28. The molecule has 0 fully saturated rings. The lowest BCUT2D eigenvalue weighted by atomic mass is 10.0. The van der Waals surface area contributed by atoms with Gasteiger partial charge in [-0.1, -0.05) is 41.9 Å². The highest BCUT2D eigenvalue weighted by Crippen LogP contribution is 2.24. The number of rotatable bonds is 7. The molecule has 0 saturated heterocycles. The van der Waals surface area contributed by atoms with Gasteiger partial charge in [-0.05, 0) is 53.6 Å². The summed E-state index contributed by atoms with van der Waals surface area (Å²) in [5.74, 6) is 0.576. The molecule has 2 N–H and O–H groups in total. The van der Waals surface area contributed by atoms with Gasteiger partial charge in [0.1, 0.15) is 12.4 Å². The van der Waals surface area contributed by atoms with Crippen molar-refractivity contribution in [1.29, 1.82) is 10.8 Å². The summed E-state index contributed by atoms with van der Waals surface area (Å²) < 4.78 is 10.7. The molecule has 0 bridgehead atoms. The van der Waals surface area contributed by atoms with Gasteiger partial charge in [-0.15, -0.1) is 0 Å². The topological polar surface area (TPSA) is 79.0 Å². The Labute approximate surface area is 168 Å². The second-order valence-corrected chi connectivity index (χ2v) is 6.24. The number of benzene rings is 2. The highest BCUT2D eigenvalue weighted by atomic mass is 35.5. The van der Waals surface area contributed by atoms with E-state index in [0.29, 0.717) is 23.0 Å². The first-order valence-corrected chi connectivity index (χ1v) is 8.88. The summed E-state index contributed by atoms with van der Waals surface area (Å²) in [7, 11) is 0. The van der Waals surface area contributed by atoms with E-state index in [9.17, 15) is 0 Å². The Balaban J connectivity index is 1.80. The van der Waals surface area contributed by atoms with E-state index in [1.807, 2.05) is 60.7 Å². The predicted octanol–water partition coefficient (Wildman–Crippen LogP) is 5.46. The third-order valence-electron chi connectivity index (χ3n) is 3.88. The van der Waals surface area contributed by atoms with Gasteiger partial charge < -0.3 is 9.47 Å². The zero-order chi connectivity index (χ0) is 19.8. The van der Waals surface area contributed by atoms with Gasteiger partial charge in [0.25, 0.3) is 0 Å². The lowest BCUT2D eigenvalue weighted by Crippen LogP contribution is -2.05. The molecule has 0 radical (unpaired) electrons. The van der Waals surface area contributed by atoms with Crippen molar-refractivity contribution in [2.45, 2.75) is 6.61 Å². The van der Waals surface area contributed by atoms with Gasteiger partial charge in [-0.2, -0.15) is 0 Å². The van der Waals surface area contributed by atoms with Crippen molar-refractivity contribution in [2.75, 3.05) is 0 Å². The average molecular weight is 392 g/mol. The van der Waals surface area contributed by atoms with Gasteiger partial charge in [0.15, 0.2) is 6.40 Å². The quantitative estimate of drug-likeness (QED) is 0.319. The molecule has 140 valence electrons. The first-order valence-electron chi connectivity index (χ1n) is 8.50. The minimum absolute atomic E-state index is 0.118. The van der Waals surface area contributed by atoms with Crippen molar-refractivity contribution in [1.82, 2.24) is 4.98 Å². The maximum absolute atomic E-state index is 8.11. The lowest BCUT2D eigenvalue weighted by Gasteiger charge is -2.10. The number of hydrogen-bond acceptors (Lipinski definition) is 5. The van der Waals surface area contributed by atoms with Crippen LogP contribution < -0.4 is 4.74 Å². The summed E-state index contributed by atoms with van der Waals surface area (Å²) in [4.78, 5) is 4.23. The molecule has 2 aromatic carbocycles.